The summed E-state index contributed by atoms with van der Waals surface area (Å²) < 4.78 is 0. The van der Waals surface area contributed by atoms with E-state index in [-0.39, 0.29) is 127 Å². The van der Waals surface area contributed by atoms with Crippen LogP contribution in [0.1, 0.15) is 2.85 Å². The molecule has 0 saturated carbocycles. The first-order chi connectivity index (χ1) is 0. The maximum Gasteiger partial charge on any atom is 1.00 e. The van der Waals surface area contributed by atoms with Crippen molar-refractivity contribution in [1.29, 1.82) is 0 Å². The Balaban J connectivity index is 0. The van der Waals surface area contributed by atoms with Gasteiger partial charge in [-0.25, -0.2) is 0 Å². The largest absolute Gasteiger partial charge is 1.00 e. The van der Waals surface area contributed by atoms with E-state index < -0.39 is 0 Å². The van der Waals surface area contributed by atoms with Crippen molar-refractivity contribution >= 4 is 0 Å². The Morgan fingerprint density at radius 1 is 0.714 bits per heavy atom. The van der Waals surface area contributed by atoms with E-state index in [2.05, 4.69) is 0 Å². The quantitative estimate of drug-likeness (QED) is 0.331. The summed E-state index contributed by atoms with van der Waals surface area (Å²) in [6.07, 6.45) is 0. The molecule has 0 aromatic carbocycles. The summed E-state index contributed by atoms with van der Waals surface area (Å²) in [5.74, 6) is 0. The maximum atomic E-state index is 0. The first-order valence-corrected chi connectivity index (χ1v) is 0. The fraction of sp³-hybridized carbons (Fsp3) is 0. The molecule has 0 amide bonds. The summed E-state index contributed by atoms with van der Waals surface area (Å²) in [6.45, 7) is 0. The van der Waals surface area contributed by atoms with Gasteiger partial charge in [0.1, 0.15) is 0 Å². The van der Waals surface area contributed by atoms with Crippen molar-refractivity contribution in [2.45, 2.75) is 0 Å². The average Bonchev–Trinajstić information content (AvgIpc) is 0. The van der Waals surface area contributed by atoms with Crippen LogP contribution in [0.5, 0.6) is 0 Å². The predicted octanol–water partition coefficient (Wildman–Crippen LogP) is -9.07. The zero-order valence-corrected chi connectivity index (χ0v) is 11.2. The first kappa shape index (κ1) is 84.6. The molecule has 0 fully saturated rings. The van der Waals surface area contributed by atoms with E-state index in [4.69, 9.17) is 0 Å². The average molecular weight is 184 g/mol. The summed E-state index contributed by atoms with van der Waals surface area (Å²) in [6, 6.07) is 0. The van der Waals surface area contributed by atoms with Crippen LogP contribution in [0.2, 0.25) is 0 Å². The molecule has 0 bridgehead atoms. The molecule has 7 heteroatoms. The maximum absolute atomic E-state index is 0. The van der Waals surface area contributed by atoms with Gasteiger partial charge in [-0.3, -0.25) is 0 Å². The predicted molar refractivity (Wildman–Crippen MR) is 16.7 cm³/mol. The van der Waals surface area contributed by atoms with E-state index >= 15 is 0 Å². The second kappa shape index (κ2) is 60.6. The molecule has 0 unspecified atom stereocenters. The molecule has 0 spiro atoms. The molecule has 0 aliphatic heterocycles. The molecule has 7 heavy (non-hydrogen) atoms. The van der Waals surface area contributed by atoms with E-state index in [9.17, 15) is 0 Å². The molecule has 0 atom stereocenters. The standard InChI is InChI=1S/K.Na.4H2O.Ti.2H/h;;4*1H2;;;/q2*+1;;;;;;2*-1. The van der Waals surface area contributed by atoms with E-state index in [0.717, 1.165) is 0 Å². The zero-order chi connectivity index (χ0) is 0. The molecular formula is H10KNaO4Ti. The van der Waals surface area contributed by atoms with Crippen LogP contribution in [0.3, 0.4) is 0 Å². The molecular weight excluding hydrogens is 174 g/mol. The molecule has 0 radical (unpaired) electrons. The van der Waals surface area contributed by atoms with Crippen molar-refractivity contribution < 1.29 is 127 Å². The van der Waals surface area contributed by atoms with Gasteiger partial charge >= 0.3 is 80.9 Å². The van der Waals surface area contributed by atoms with Gasteiger partial charge in [-0.15, -0.1) is 0 Å². The monoisotopic (exact) mass is 184 g/mol. The van der Waals surface area contributed by atoms with Gasteiger partial charge in [-0.05, 0) is 0 Å². The van der Waals surface area contributed by atoms with Crippen LogP contribution in [-0.4, -0.2) is 21.9 Å². The zero-order valence-electron chi connectivity index (χ0n) is 6.50. The van der Waals surface area contributed by atoms with Crippen molar-refractivity contribution in [2.75, 3.05) is 0 Å². The molecule has 0 aliphatic rings. The fourth-order valence-corrected chi connectivity index (χ4v) is 0. The van der Waals surface area contributed by atoms with Gasteiger partial charge in [0.15, 0.2) is 0 Å². The summed E-state index contributed by atoms with van der Waals surface area (Å²) in [4.78, 5) is 0. The van der Waals surface area contributed by atoms with Crippen LogP contribution < -0.4 is 80.9 Å². The summed E-state index contributed by atoms with van der Waals surface area (Å²) in [5, 5.41) is 0. The van der Waals surface area contributed by atoms with Crippen LogP contribution in [0, 0.1) is 0 Å². The molecule has 0 saturated heterocycles. The van der Waals surface area contributed by atoms with Crippen LogP contribution >= 0.6 is 0 Å². The van der Waals surface area contributed by atoms with E-state index in [1.165, 1.54) is 0 Å². The van der Waals surface area contributed by atoms with Crippen molar-refractivity contribution in [2.24, 2.45) is 0 Å². The molecule has 0 heterocycles. The Labute approximate surface area is 125 Å². The number of hydrogen-bond donors (Lipinski definition) is 0. The molecule has 4 nitrogen and oxygen atoms in total. The fourth-order valence-electron chi connectivity index (χ4n) is 0. The van der Waals surface area contributed by atoms with Crippen LogP contribution in [0.4, 0.5) is 0 Å². The smallest absolute Gasteiger partial charge is 1.00 e. The van der Waals surface area contributed by atoms with Gasteiger partial charge in [0, 0.05) is 21.7 Å². The van der Waals surface area contributed by atoms with Crippen molar-refractivity contribution in [3.63, 3.8) is 0 Å². The van der Waals surface area contributed by atoms with Crippen molar-refractivity contribution in [3.05, 3.63) is 0 Å². The Hall–Kier alpha value is 3.19. The molecule has 0 aliphatic carbocycles. The first-order valence-electron chi connectivity index (χ1n) is 0. The number of rotatable bonds is 0. The molecule has 0 aromatic heterocycles. The SMILES string of the molecule is O.O.O.O.[H-].[H-].[K+].[Na+].[Ti]. The van der Waals surface area contributed by atoms with Gasteiger partial charge in [-0.1, -0.05) is 0 Å². The minimum atomic E-state index is 0. The Morgan fingerprint density at radius 3 is 0.714 bits per heavy atom. The Morgan fingerprint density at radius 2 is 0.714 bits per heavy atom. The van der Waals surface area contributed by atoms with Crippen molar-refractivity contribution in [3.8, 4) is 0 Å². The second-order valence-electron chi connectivity index (χ2n) is 0. The third-order valence-corrected chi connectivity index (χ3v) is 0. The third kappa shape index (κ3) is 46.7. The van der Waals surface area contributed by atoms with Gasteiger partial charge in [-0.2, -0.15) is 0 Å². The van der Waals surface area contributed by atoms with Gasteiger partial charge in [0.25, 0.3) is 0 Å². The summed E-state index contributed by atoms with van der Waals surface area (Å²) in [7, 11) is 0. The Kier molecular flexibility index (Phi) is 732. The third-order valence-electron chi connectivity index (χ3n) is 0. The van der Waals surface area contributed by atoms with Gasteiger partial charge in [0.05, 0.1) is 0 Å². The minimum absolute atomic E-state index is 0. The topological polar surface area (TPSA) is 126 Å². The summed E-state index contributed by atoms with van der Waals surface area (Å²) >= 11 is 0. The molecule has 40 valence electrons. The van der Waals surface area contributed by atoms with E-state index in [0.29, 0.717) is 0 Å². The van der Waals surface area contributed by atoms with Crippen LogP contribution in [0.25, 0.3) is 0 Å². The normalized spacial score (nSPS) is 0. The number of hydrogen-bond acceptors (Lipinski definition) is 0. The summed E-state index contributed by atoms with van der Waals surface area (Å²) in [5.41, 5.74) is 0. The van der Waals surface area contributed by atoms with Gasteiger partial charge < -0.3 is 24.8 Å². The van der Waals surface area contributed by atoms with E-state index in [1.807, 2.05) is 0 Å². The minimum Gasteiger partial charge on any atom is -1.00 e. The molecule has 0 rings (SSSR count). The van der Waals surface area contributed by atoms with Gasteiger partial charge in [0.2, 0.25) is 0 Å². The van der Waals surface area contributed by atoms with Crippen molar-refractivity contribution in [1.82, 2.24) is 0 Å². The van der Waals surface area contributed by atoms with E-state index in [1.54, 1.807) is 0 Å². The van der Waals surface area contributed by atoms with Crippen LogP contribution in [0.15, 0.2) is 0 Å². The van der Waals surface area contributed by atoms with Crippen LogP contribution in [-0.2, 0) is 21.7 Å². The second-order valence-corrected chi connectivity index (χ2v) is 0. The Bertz CT molecular complexity index is 18.5. The molecule has 0 aromatic rings. The molecule has 8 N–H and O–H groups in total.